The summed E-state index contributed by atoms with van der Waals surface area (Å²) in [5.74, 6) is 0.294. The van der Waals surface area contributed by atoms with E-state index in [1.54, 1.807) is 42.9 Å². The summed E-state index contributed by atoms with van der Waals surface area (Å²) in [6, 6.07) is 10.8. The fraction of sp³-hybridized carbons (Fsp3) is 0.0714. The van der Waals surface area contributed by atoms with Gasteiger partial charge in [0.2, 0.25) is 0 Å². The van der Waals surface area contributed by atoms with E-state index in [-0.39, 0.29) is 12.5 Å². The van der Waals surface area contributed by atoms with Gasteiger partial charge in [0.15, 0.2) is 6.61 Å². The van der Waals surface area contributed by atoms with Crippen molar-refractivity contribution < 1.29 is 9.53 Å². The lowest BCUT2D eigenvalue weighted by Crippen LogP contribution is -2.24. The van der Waals surface area contributed by atoms with Crippen LogP contribution in [-0.2, 0) is 4.79 Å². The molecular weight excluding hydrogens is 322 g/mol. The van der Waals surface area contributed by atoms with Crippen LogP contribution in [0.5, 0.6) is 5.75 Å². The first-order valence-corrected chi connectivity index (χ1v) is 6.63. The van der Waals surface area contributed by atoms with E-state index < -0.39 is 0 Å². The van der Waals surface area contributed by atoms with Crippen molar-refractivity contribution in [3.63, 3.8) is 0 Å². The van der Waals surface area contributed by atoms with Gasteiger partial charge in [-0.3, -0.25) is 9.78 Å². The quantitative estimate of drug-likeness (QED) is 0.674. The molecule has 0 fully saturated rings. The highest BCUT2D eigenvalue weighted by Gasteiger charge is 2.01. The fourth-order valence-electron chi connectivity index (χ4n) is 1.37. The molecule has 102 valence electrons. The van der Waals surface area contributed by atoms with E-state index in [1.807, 2.05) is 12.1 Å². The van der Waals surface area contributed by atoms with Crippen LogP contribution in [0.15, 0.2) is 58.4 Å². The van der Waals surface area contributed by atoms with Gasteiger partial charge in [-0.15, -0.1) is 0 Å². The lowest BCUT2D eigenvalue weighted by Gasteiger charge is -2.04. The maximum absolute atomic E-state index is 11.5. The lowest BCUT2D eigenvalue weighted by atomic mass is 10.3. The van der Waals surface area contributed by atoms with E-state index in [1.165, 1.54) is 0 Å². The zero-order chi connectivity index (χ0) is 14.2. The highest BCUT2D eigenvalue weighted by Crippen LogP contribution is 2.17. The third-order valence-corrected chi connectivity index (χ3v) is 2.77. The molecule has 0 aliphatic heterocycles. The number of hydrazone groups is 1. The predicted molar refractivity (Wildman–Crippen MR) is 79.6 cm³/mol. The highest BCUT2D eigenvalue weighted by molar-refractivity contribution is 9.10. The minimum Gasteiger partial charge on any atom is -0.484 e. The minimum absolute atomic E-state index is 0.0931. The second-order valence-corrected chi connectivity index (χ2v) is 4.74. The van der Waals surface area contributed by atoms with Gasteiger partial charge in [-0.05, 0) is 35.9 Å². The molecule has 1 aromatic carbocycles. The van der Waals surface area contributed by atoms with E-state index in [2.05, 4.69) is 31.4 Å². The normalized spacial score (nSPS) is 10.4. The number of hydrogen-bond acceptors (Lipinski definition) is 4. The molecule has 0 aliphatic carbocycles. The molecule has 2 rings (SSSR count). The van der Waals surface area contributed by atoms with E-state index in [4.69, 9.17) is 4.74 Å². The Bertz CT molecular complexity index is 602. The van der Waals surface area contributed by atoms with Gasteiger partial charge in [0, 0.05) is 16.9 Å². The summed E-state index contributed by atoms with van der Waals surface area (Å²) in [5, 5.41) is 3.83. The molecule has 1 aromatic heterocycles. The van der Waals surface area contributed by atoms with E-state index in [0.29, 0.717) is 5.75 Å². The SMILES string of the molecule is O=C(COc1cccc(Br)c1)N/N=C/c1ccncc1. The van der Waals surface area contributed by atoms with Gasteiger partial charge < -0.3 is 4.74 Å². The Kier molecular flexibility index (Phi) is 5.25. The maximum atomic E-state index is 11.5. The molecule has 2 aromatic rings. The van der Waals surface area contributed by atoms with Crippen LogP contribution in [0, 0.1) is 0 Å². The molecule has 0 atom stereocenters. The lowest BCUT2D eigenvalue weighted by molar-refractivity contribution is -0.123. The van der Waals surface area contributed by atoms with Crippen LogP contribution >= 0.6 is 15.9 Å². The number of amides is 1. The van der Waals surface area contributed by atoms with Crippen molar-refractivity contribution in [2.24, 2.45) is 5.10 Å². The van der Waals surface area contributed by atoms with Crippen molar-refractivity contribution in [3.05, 3.63) is 58.8 Å². The van der Waals surface area contributed by atoms with Gasteiger partial charge in [-0.1, -0.05) is 22.0 Å². The molecule has 20 heavy (non-hydrogen) atoms. The summed E-state index contributed by atoms with van der Waals surface area (Å²) in [6.45, 7) is -0.0931. The number of nitrogens with one attached hydrogen (secondary N) is 1. The third-order valence-electron chi connectivity index (χ3n) is 2.27. The smallest absolute Gasteiger partial charge is 0.277 e. The Morgan fingerprint density at radius 1 is 1.35 bits per heavy atom. The molecule has 1 amide bonds. The summed E-state index contributed by atoms with van der Waals surface area (Å²) in [4.78, 5) is 15.4. The van der Waals surface area contributed by atoms with Gasteiger partial charge in [-0.2, -0.15) is 5.10 Å². The second-order valence-electron chi connectivity index (χ2n) is 3.82. The zero-order valence-electron chi connectivity index (χ0n) is 10.5. The number of carbonyl (C=O) groups is 1. The highest BCUT2D eigenvalue weighted by atomic mass is 79.9. The number of ether oxygens (including phenoxy) is 1. The summed E-state index contributed by atoms with van der Waals surface area (Å²) >= 11 is 3.33. The summed E-state index contributed by atoms with van der Waals surface area (Å²) < 4.78 is 6.22. The summed E-state index contributed by atoms with van der Waals surface area (Å²) in [7, 11) is 0. The predicted octanol–water partition coefficient (Wildman–Crippen LogP) is 2.37. The van der Waals surface area contributed by atoms with E-state index in [9.17, 15) is 4.79 Å². The largest absolute Gasteiger partial charge is 0.484 e. The first-order valence-electron chi connectivity index (χ1n) is 5.84. The monoisotopic (exact) mass is 333 g/mol. The van der Waals surface area contributed by atoms with Crippen LogP contribution in [0.2, 0.25) is 0 Å². The van der Waals surface area contributed by atoms with Crippen molar-refractivity contribution in [3.8, 4) is 5.75 Å². The fourth-order valence-corrected chi connectivity index (χ4v) is 1.74. The van der Waals surface area contributed by atoms with Crippen molar-refractivity contribution in [1.82, 2.24) is 10.4 Å². The third kappa shape index (κ3) is 4.81. The van der Waals surface area contributed by atoms with Crippen LogP contribution in [0.25, 0.3) is 0 Å². The van der Waals surface area contributed by atoms with Gasteiger partial charge in [0.25, 0.3) is 5.91 Å². The second kappa shape index (κ2) is 7.40. The number of pyridine rings is 1. The molecule has 1 N–H and O–H groups in total. The molecule has 0 saturated carbocycles. The molecule has 0 bridgehead atoms. The standard InChI is InChI=1S/C14H12BrN3O2/c15-12-2-1-3-13(8-12)20-10-14(19)18-17-9-11-4-6-16-7-5-11/h1-9H,10H2,(H,18,19)/b17-9+. The number of carbonyl (C=O) groups excluding carboxylic acids is 1. The topological polar surface area (TPSA) is 63.6 Å². The number of nitrogens with zero attached hydrogens (tertiary/aromatic N) is 2. The average Bonchev–Trinajstić information content (AvgIpc) is 2.46. The Labute approximate surface area is 124 Å². The Hall–Kier alpha value is -2.21. The molecule has 0 saturated heterocycles. The Morgan fingerprint density at radius 2 is 2.15 bits per heavy atom. The van der Waals surface area contributed by atoms with Gasteiger partial charge in [0.1, 0.15) is 5.75 Å². The maximum Gasteiger partial charge on any atom is 0.277 e. The minimum atomic E-state index is -0.324. The molecular formula is C14H12BrN3O2. The number of rotatable bonds is 5. The van der Waals surface area contributed by atoms with Crippen molar-refractivity contribution in [2.75, 3.05) is 6.61 Å². The van der Waals surface area contributed by atoms with Gasteiger partial charge in [-0.25, -0.2) is 5.43 Å². The molecule has 0 aliphatic rings. The molecule has 0 unspecified atom stereocenters. The first kappa shape index (κ1) is 14.2. The molecule has 0 spiro atoms. The number of hydrogen-bond donors (Lipinski definition) is 1. The zero-order valence-corrected chi connectivity index (χ0v) is 12.1. The van der Waals surface area contributed by atoms with E-state index in [0.717, 1.165) is 10.0 Å². The van der Waals surface area contributed by atoms with Crippen LogP contribution in [-0.4, -0.2) is 23.7 Å². The molecule has 6 heteroatoms. The summed E-state index contributed by atoms with van der Waals surface area (Å²) in [6.07, 6.45) is 4.85. The van der Waals surface area contributed by atoms with Gasteiger partial charge >= 0.3 is 0 Å². The van der Waals surface area contributed by atoms with Crippen molar-refractivity contribution in [2.45, 2.75) is 0 Å². The van der Waals surface area contributed by atoms with Gasteiger partial charge in [0.05, 0.1) is 6.21 Å². The first-order chi connectivity index (χ1) is 9.74. The Morgan fingerprint density at radius 3 is 2.90 bits per heavy atom. The van der Waals surface area contributed by atoms with Crippen molar-refractivity contribution >= 4 is 28.1 Å². The molecule has 0 radical (unpaired) electrons. The average molecular weight is 334 g/mol. The number of halogens is 1. The molecule has 1 heterocycles. The number of benzene rings is 1. The van der Waals surface area contributed by atoms with E-state index >= 15 is 0 Å². The van der Waals surface area contributed by atoms with Crippen LogP contribution in [0.4, 0.5) is 0 Å². The van der Waals surface area contributed by atoms with Crippen LogP contribution < -0.4 is 10.2 Å². The number of aromatic nitrogens is 1. The summed E-state index contributed by atoms with van der Waals surface area (Å²) in [5.41, 5.74) is 3.24. The van der Waals surface area contributed by atoms with Crippen molar-refractivity contribution in [1.29, 1.82) is 0 Å². The Balaban J connectivity index is 1.77. The van der Waals surface area contributed by atoms with Crippen LogP contribution in [0.3, 0.4) is 0 Å². The molecule has 5 nitrogen and oxygen atoms in total. The van der Waals surface area contributed by atoms with Crippen LogP contribution in [0.1, 0.15) is 5.56 Å².